The lowest BCUT2D eigenvalue weighted by Gasteiger charge is -2.09. The van der Waals surface area contributed by atoms with Crippen molar-refractivity contribution < 1.29 is 0 Å². The van der Waals surface area contributed by atoms with E-state index in [4.69, 9.17) is 0 Å². The number of hydrogen-bond donors (Lipinski definition) is 0. The van der Waals surface area contributed by atoms with Crippen LogP contribution in [0.15, 0.2) is 103 Å². The van der Waals surface area contributed by atoms with Crippen LogP contribution in [-0.4, -0.2) is 0 Å². The van der Waals surface area contributed by atoms with Crippen molar-refractivity contribution in [3.05, 3.63) is 109 Å². The van der Waals surface area contributed by atoms with Gasteiger partial charge in [-0.2, -0.15) is 0 Å². The highest BCUT2D eigenvalue weighted by Crippen LogP contribution is 2.36. The number of rotatable bonds is 21. The van der Waals surface area contributed by atoms with Gasteiger partial charge in [0.1, 0.15) is 0 Å². The summed E-state index contributed by atoms with van der Waals surface area (Å²) in [6.45, 7) is 6.82. The van der Waals surface area contributed by atoms with Gasteiger partial charge in [0, 0.05) is 20.2 Å². The molecule has 7 rings (SSSR count). The Morgan fingerprint density at radius 2 is 0.667 bits per heavy atom. The van der Waals surface area contributed by atoms with Crippen LogP contribution in [0.3, 0.4) is 0 Å². The van der Waals surface area contributed by atoms with Crippen molar-refractivity contribution in [2.45, 2.75) is 162 Å². The first-order valence-electron chi connectivity index (χ1n) is 22.3. The minimum atomic E-state index is 1.11. The molecule has 0 bridgehead atoms. The fourth-order valence-corrected chi connectivity index (χ4v) is 9.47. The molecule has 0 N–H and O–H groups in total. The van der Waals surface area contributed by atoms with E-state index in [1.807, 2.05) is 11.3 Å². The summed E-state index contributed by atoms with van der Waals surface area (Å²) in [5.74, 6) is 0. The summed E-state index contributed by atoms with van der Waals surface area (Å²) in [5.41, 5.74) is 1.46. The standard InChI is InChI=1S/C23H48.C16H10.C14H12S/c1-3-5-7-9-11-13-15-17-19-21-23-22-20-18-16-14-12-10-8-6-4-2;1-3-11-7-9-13-5-2-6-14-10-8-12(4-1)15(11)16(13)14;1-2-10-6-5-9-13-14(10)11-7-3-4-8-12(11)15-13/h3-23H2,1-2H3;1-10H;3-9H,2H2,1H3. The second-order valence-electron chi connectivity index (χ2n) is 15.7. The average molecular weight is 739 g/mol. The van der Waals surface area contributed by atoms with E-state index in [2.05, 4.69) is 124 Å². The summed E-state index contributed by atoms with van der Waals surface area (Å²) < 4.78 is 2.81. The molecule has 1 heterocycles. The van der Waals surface area contributed by atoms with Gasteiger partial charge in [0.05, 0.1) is 0 Å². The van der Waals surface area contributed by atoms with Crippen LogP contribution in [0.1, 0.15) is 161 Å². The maximum absolute atomic E-state index is 2.30. The Hall–Kier alpha value is -3.42. The van der Waals surface area contributed by atoms with Gasteiger partial charge in [-0.25, -0.2) is 0 Å². The number of aryl methyl sites for hydroxylation is 1. The molecule has 0 aliphatic carbocycles. The largest absolute Gasteiger partial charge is 0.135 e. The maximum atomic E-state index is 2.30. The van der Waals surface area contributed by atoms with E-state index in [-0.39, 0.29) is 0 Å². The molecular weight excluding hydrogens is 669 g/mol. The van der Waals surface area contributed by atoms with Crippen molar-refractivity contribution in [2.75, 3.05) is 0 Å². The molecule has 0 aliphatic rings. The minimum Gasteiger partial charge on any atom is -0.135 e. The van der Waals surface area contributed by atoms with Crippen LogP contribution in [-0.2, 0) is 6.42 Å². The molecule has 0 nitrogen and oxygen atoms in total. The van der Waals surface area contributed by atoms with Crippen LogP contribution in [0.2, 0.25) is 0 Å². The van der Waals surface area contributed by atoms with Crippen LogP contribution >= 0.6 is 11.3 Å². The SMILES string of the molecule is CCCCCCCCCCCCCCCCCCCCCCC.CCc1cccc2sc3ccccc3c12.c1cc2ccc3cccc4ccc(c1)c2c34. The Morgan fingerprint density at radius 3 is 1.06 bits per heavy atom. The molecule has 0 saturated carbocycles. The molecule has 0 aliphatic heterocycles. The Kier molecular flexibility index (Phi) is 18.7. The second kappa shape index (κ2) is 24.2. The third-order valence-corrected chi connectivity index (χ3v) is 12.6. The molecule has 6 aromatic carbocycles. The first-order chi connectivity index (χ1) is 26.7. The monoisotopic (exact) mass is 739 g/mol. The number of hydrogen-bond acceptors (Lipinski definition) is 1. The van der Waals surface area contributed by atoms with E-state index in [0.29, 0.717) is 0 Å². The molecule has 0 spiro atoms. The van der Waals surface area contributed by atoms with Crippen LogP contribution in [0.4, 0.5) is 0 Å². The molecule has 1 heteroatoms. The Labute approximate surface area is 333 Å². The lowest BCUT2D eigenvalue weighted by Crippen LogP contribution is -1.84. The lowest BCUT2D eigenvalue weighted by atomic mass is 9.95. The van der Waals surface area contributed by atoms with Crippen LogP contribution in [0.5, 0.6) is 0 Å². The second-order valence-corrected chi connectivity index (χ2v) is 16.8. The molecular formula is C53H70S. The first-order valence-corrected chi connectivity index (χ1v) is 23.1. The number of thiophene rings is 1. The zero-order chi connectivity index (χ0) is 37.6. The average Bonchev–Trinajstić information content (AvgIpc) is 3.61. The fourth-order valence-electron chi connectivity index (χ4n) is 8.32. The van der Waals surface area contributed by atoms with E-state index in [1.54, 1.807) is 0 Å². The lowest BCUT2D eigenvalue weighted by molar-refractivity contribution is 0.521. The summed E-state index contributed by atoms with van der Waals surface area (Å²) in [6, 6.07) is 37.2. The minimum absolute atomic E-state index is 1.11. The maximum Gasteiger partial charge on any atom is 0.0358 e. The number of benzene rings is 6. The predicted molar refractivity (Wildman–Crippen MR) is 247 cm³/mol. The molecule has 7 aromatic rings. The molecule has 0 radical (unpaired) electrons. The summed E-state index contributed by atoms with van der Waals surface area (Å²) >= 11 is 1.89. The zero-order valence-corrected chi connectivity index (χ0v) is 35.1. The van der Waals surface area contributed by atoms with E-state index < -0.39 is 0 Å². The quantitative estimate of drug-likeness (QED) is 0.0509. The van der Waals surface area contributed by atoms with Crippen LogP contribution in [0.25, 0.3) is 52.5 Å². The highest BCUT2D eigenvalue weighted by molar-refractivity contribution is 7.25. The fraction of sp³-hybridized carbons (Fsp3) is 0.472. The van der Waals surface area contributed by atoms with Gasteiger partial charge in [0.15, 0.2) is 0 Å². The van der Waals surface area contributed by atoms with Crippen molar-refractivity contribution in [2.24, 2.45) is 0 Å². The van der Waals surface area contributed by atoms with Gasteiger partial charge in [-0.05, 0) is 56.4 Å². The van der Waals surface area contributed by atoms with Crippen molar-refractivity contribution in [3.8, 4) is 0 Å². The van der Waals surface area contributed by atoms with E-state index in [9.17, 15) is 0 Å². The van der Waals surface area contributed by atoms with Crippen molar-refractivity contribution in [1.29, 1.82) is 0 Å². The topological polar surface area (TPSA) is 0 Å². The van der Waals surface area contributed by atoms with Gasteiger partial charge in [-0.3, -0.25) is 0 Å². The van der Waals surface area contributed by atoms with Crippen molar-refractivity contribution in [3.63, 3.8) is 0 Å². The van der Waals surface area contributed by atoms with Crippen LogP contribution < -0.4 is 0 Å². The van der Waals surface area contributed by atoms with E-state index in [1.165, 1.54) is 193 Å². The normalized spacial score (nSPS) is 11.4. The molecule has 0 amide bonds. The first kappa shape index (κ1) is 41.7. The Bertz CT molecular complexity index is 1880. The predicted octanol–water partition coefficient (Wildman–Crippen LogP) is 18.4. The highest BCUT2D eigenvalue weighted by Gasteiger charge is 2.08. The molecule has 0 fully saturated rings. The van der Waals surface area contributed by atoms with Crippen LogP contribution in [0, 0.1) is 0 Å². The summed E-state index contributed by atoms with van der Waals surface area (Å²) in [5, 5.41) is 11.0. The van der Waals surface area contributed by atoms with E-state index >= 15 is 0 Å². The van der Waals surface area contributed by atoms with Gasteiger partial charge < -0.3 is 0 Å². The van der Waals surface area contributed by atoms with Gasteiger partial charge in [0.25, 0.3) is 0 Å². The van der Waals surface area contributed by atoms with Gasteiger partial charge in [0.2, 0.25) is 0 Å². The Morgan fingerprint density at radius 1 is 0.315 bits per heavy atom. The van der Waals surface area contributed by atoms with Crippen molar-refractivity contribution >= 4 is 63.8 Å². The van der Waals surface area contributed by atoms with Gasteiger partial charge in [-0.1, -0.05) is 247 Å². The molecule has 1 aromatic heterocycles. The summed E-state index contributed by atoms with van der Waals surface area (Å²) in [4.78, 5) is 0. The number of unbranched alkanes of at least 4 members (excludes halogenated alkanes) is 20. The van der Waals surface area contributed by atoms with Gasteiger partial charge >= 0.3 is 0 Å². The third-order valence-electron chi connectivity index (χ3n) is 11.5. The molecule has 0 saturated heterocycles. The molecule has 0 atom stereocenters. The number of fused-ring (bicyclic) bond motifs is 3. The molecule has 288 valence electrons. The third kappa shape index (κ3) is 12.6. The van der Waals surface area contributed by atoms with Crippen molar-refractivity contribution in [1.82, 2.24) is 0 Å². The zero-order valence-electron chi connectivity index (χ0n) is 34.3. The van der Waals surface area contributed by atoms with E-state index in [0.717, 1.165) is 6.42 Å². The highest BCUT2D eigenvalue weighted by atomic mass is 32.1. The summed E-state index contributed by atoms with van der Waals surface area (Å²) in [7, 11) is 0. The summed E-state index contributed by atoms with van der Waals surface area (Å²) in [6.07, 6.45) is 32.0. The molecule has 54 heavy (non-hydrogen) atoms. The van der Waals surface area contributed by atoms with Gasteiger partial charge in [-0.15, -0.1) is 11.3 Å². The Balaban J connectivity index is 0.000000159. The smallest absolute Gasteiger partial charge is 0.0358 e. The molecule has 0 unspecified atom stereocenters.